The molecule has 0 bridgehead atoms. The zero-order valence-electron chi connectivity index (χ0n) is 21.6. The molecule has 0 saturated carbocycles. The first-order valence-electron chi connectivity index (χ1n) is 12.3. The molecular weight excluding hydrogens is 496 g/mol. The van der Waals surface area contributed by atoms with Gasteiger partial charge < -0.3 is 15.7 Å². The first kappa shape index (κ1) is 26.7. The number of ketones is 1. The van der Waals surface area contributed by atoms with Gasteiger partial charge in [-0.25, -0.2) is 9.97 Å². The molecule has 0 spiro atoms. The predicted molar refractivity (Wildman–Crippen MR) is 157 cm³/mol. The summed E-state index contributed by atoms with van der Waals surface area (Å²) in [5.41, 5.74) is 7.94. The highest BCUT2D eigenvalue weighted by Crippen LogP contribution is 2.30. The largest absolute Gasteiger partial charge is 0.351 e. The van der Waals surface area contributed by atoms with Crippen LogP contribution in [0.15, 0.2) is 83.2 Å². The maximum absolute atomic E-state index is 13.1. The van der Waals surface area contributed by atoms with E-state index >= 15 is 0 Å². The molecule has 0 fully saturated rings. The third-order valence-electron chi connectivity index (χ3n) is 5.98. The Balaban J connectivity index is 1.57. The molecule has 0 aliphatic heterocycles. The van der Waals surface area contributed by atoms with E-state index in [1.54, 1.807) is 30.6 Å². The van der Waals surface area contributed by atoms with Gasteiger partial charge in [-0.2, -0.15) is 0 Å². The standard InChI is InChI=1S/C30H29ClN6O/c1-5-33-26(13-18(2)3)25-11-12-34-30(37-25)35-22-14-21-16-27(36-28(21)23(31)17-22)29(38)24(32)15-20-10-8-6-7-9-19(20)4/h5-8,11-14,16-17,19,32,36H,2,9,15H2,1,3-4H3,(H,34,35,37)/b26-13-,32-24?,33-5?. The van der Waals surface area contributed by atoms with Crippen LogP contribution in [-0.2, 0) is 0 Å². The molecule has 3 N–H and O–H groups in total. The third-order valence-corrected chi connectivity index (χ3v) is 6.28. The first-order valence-corrected chi connectivity index (χ1v) is 12.6. The number of aliphatic imine (C=N–C) groups is 1. The van der Waals surface area contributed by atoms with Crippen molar-refractivity contribution in [3.63, 3.8) is 0 Å². The Morgan fingerprint density at radius 2 is 2.21 bits per heavy atom. The van der Waals surface area contributed by atoms with Crippen molar-refractivity contribution in [2.75, 3.05) is 5.32 Å². The molecule has 1 aliphatic carbocycles. The molecule has 2 heterocycles. The molecule has 3 aromatic rings. The van der Waals surface area contributed by atoms with E-state index in [2.05, 4.69) is 50.6 Å². The van der Waals surface area contributed by atoms with Crippen molar-refractivity contribution in [1.29, 1.82) is 5.41 Å². The number of aromatic nitrogens is 3. The maximum atomic E-state index is 13.1. The lowest BCUT2D eigenvalue weighted by Crippen LogP contribution is -2.16. The van der Waals surface area contributed by atoms with Gasteiger partial charge in [0.05, 0.1) is 33.3 Å². The number of Topliss-reactive ketones (excluding diaryl/α,β-unsaturated/α-hetero) is 1. The fraction of sp³-hybridized carbons (Fsp3) is 0.200. The predicted octanol–water partition coefficient (Wildman–Crippen LogP) is 7.63. The van der Waals surface area contributed by atoms with Crippen molar-refractivity contribution >= 4 is 57.5 Å². The summed E-state index contributed by atoms with van der Waals surface area (Å²) in [5, 5.41) is 12.8. The summed E-state index contributed by atoms with van der Waals surface area (Å²) in [5.74, 6) is 0.236. The van der Waals surface area contributed by atoms with Gasteiger partial charge in [0.1, 0.15) is 0 Å². The zero-order chi connectivity index (χ0) is 27.2. The van der Waals surface area contributed by atoms with Gasteiger partial charge in [0.2, 0.25) is 11.7 Å². The van der Waals surface area contributed by atoms with Gasteiger partial charge in [-0.15, -0.1) is 5.73 Å². The molecule has 192 valence electrons. The van der Waals surface area contributed by atoms with E-state index in [9.17, 15) is 4.79 Å². The van der Waals surface area contributed by atoms with Crippen molar-refractivity contribution in [2.45, 2.75) is 33.6 Å². The number of fused-ring (bicyclic) bond motifs is 1. The van der Waals surface area contributed by atoms with Crippen LogP contribution in [0.3, 0.4) is 0 Å². The van der Waals surface area contributed by atoms with Crippen LogP contribution in [0.1, 0.15) is 49.8 Å². The van der Waals surface area contributed by atoms with Gasteiger partial charge in [0.25, 0.3) is 0 Å². The monoisotopic (exact) mass is 524 g/mol. The summed E-state index contributed by atoms with van der Waals surface area (Å²) in [6, 6.07) is 7.08. The number of carbonyl (C=O) groups is 1. The lowest BCUT2D eigenvalue weighted by atomic mass is 9.93. The number of halogens is 1. The number of nitrogens with zero attached hydrogens (tertiary/aromatic N) is 3. The Morgan fingerprint density at radius 3 is 2.97 bits per heavy atom. The Bertz CT molecular complexity index is 1580. The number of benzene rings is 1. The highest BCUT2D eigenvalue weighted by molar-refractivity contribution is 6.45. The Labute approximate surface area is 227 Å². The fourth-order valence-corrected chi connectivity index (χ4v) is 4.36. The summed E-state index contributed by atoms with van der Waals surface area (Å²) < 4.78 is 0. The Morgan fingerprint density at radius 1 is 1.39 bits per heavy atom. The van der Waals surface area contributed by atoms with Crippen LogP contribution in [0.4, 0.5) is 11.6 Å². The van der Waals surface area contributed by atoms with Crippen molar-refractivity contribution < 1.29 is 4.79 Å². The summed E-state index contributed by atoms with van der Waals surface area (Å²) in [4.78, 5) is 29.5. The van der Waals surface area contributed by atoms with Gasteiger partial charge in [-0.05, 0) is 68.2 Å². The van der Waals surface area contributed by atoms with Gasteiger partial charge >= 0.3 is 0 Å². The number of H-pyrrole nitrogens is 1. The number of anilines is 2. The average molecular weight is 525 g/mol. The van der Waals surface area contributed by atoms with Crippen LogP contribution < -0.4 is 5.32 Å². The first-order chi connectivity index (χ1) is 18.2. The van der Waals surface area contributed by atoms with Gasteiger partial charge in [0, 0.05) is 29.9 Å². The van der Waals surface area contributed by atoms with Crippen LogP contribution >= 0.6 is 11.6 Å². The average Bonchev–Trinajstić information content (AvgIpc) is 3.21. The minimum atomic E-state index is -0.366. The second-order valence-corrected chi connectivity index (χ2v) is 9.55. The molecule has 1 atom stereocenters. The van der Waals surface area contributed by atoms with Crippen LogP contribution in [0.2, 0.25) is 5.02 Å². The summed E-state index contributed by atoms with van der Waals surface area (Å²) in [7, 11) is 0. The third kappa shape index (κ3) is 6.32. The maximum Gasteiger partial charge on any atom is 0.227 e. The molecule has 0 saturated heterocycles. The molecule has 0 amide bonds. The highest BCUT2D eigenvalue weighted by Gasteiger charge is 2.20. The number of rotatable bonds is 9. The molecular formula is C30H29ClN6O. The summed E-state index contributed by atoms with van der Waals surface area (Å²) >= 11 is 6.56. The second kappa shape index (κ2) is 11.8. The molecule has 38 heavy (non-hydrogen) atoms. The normalized spacial score (nSPS) is 15.5. The molecule has 1 unspecified atom stereocenters. The lowest BCUT2D eigenvalue weighted by Gasteiger charge is -2.11. The van der Waals surface area contributed by atoms with E-state index in [0.717, 1.165) is 23.0 Å². The van der Waals surface area contributed by atoms with E-state index in [-0.39, 0.29) is 23.8 Å². The highest BCUT2D eigenvalue weighted by atomic mass is 35.5. The number of allylic oxidation sites excluding steroid dienone is 5. The SMILES string of the molecule is C=C(C)/C=C(\N=CC)c1ccnc(Nc2cc(Cl)c3[nH]c(C(=O)C(=N)CC4=C=CC=CCC4C)cc3c2)n1. The topological polar surface area (TPSA) is 107 Å². The van der Waals surface area contributed by atoms with Crippen molar-refractivity contribution in [2.24, 2.45) is 10.9 Å². The minimum absolute atomic E-state index is 0.00856. The van der Waals surface area contributed by atoms with Crippen LogP contribution in [-0.4, -0.2) is 32.7 Å². The van der Waals surface area contributed by atoms with E-state index in [0.29, 0.717) is 39.3 Å². The molecule has 7 nitrogen and oxygen atoms in total. The molecule has 1 aromatic carbocycles. The van der Waals surface area contributed by atoms with Gasteiger partial charge in [0.15, 0.2) is 0 Å². The number of carbonyl (C=O) groups excluding carboxylic acids is 1. The Kier molecular flexibility index (Phi) is 8.31. The van der Waals surface area contributed by atoms with Crippen LogP contribution in [0, 0.1) is 11.3 Å². The summed E-state index contributed by atoms with van der Waals surface area (Å²) in [6.45, 7) is 9.73. The van der Waals surface area contributed by atoms with Crippen LogP contribution in [0.25, 0.3) is 16.6 Å². The van der Waals surface area contributed by atoms with Crippen molar-refractivity contribution in [1.82, 2.24) is 15.0 Å². The number of hydrogen-bond acceptors (Lipinski definition) is 6. The number of aromatic amines is 1. The Hall–Kier alpha value is -4.32. The molecule has 8 heteroatoms. The summed E-state index contributed by atoms with van der Waals surface area (Å²) in [6.07, 6.45) is 12.2. The lowest BCUT2D eigenvalue weighted by molar-refractivity contribution is 0.105. The van der Waals surface area contributed by atoms with E-state index in [4.69, 9.17) is 17.0 Å². The quantitative estimate of drug-likeness (QED) is 0.116. The van der Waals surface area contributed by atoms with Gasteiger partial charge in [-0.3, -0.25) is 9.79 Å². The van der Waals surface area contributed by atoms with Gasteiger partial charge in [-0.1, -0.05) is 42.8 Å². The second-order valence-electron chi connectivity index (χ2n) is 9.14. The van der Waals surface area contributed by atoms with Crippen molar-refractivity contribution in [3.8, 4) is 0 Å². The minimum Gasteiger partial charge on any atom is -0.351 e. The molecule has 1 aliphatic rings. The molecule has 2 aromatic heterocycles. The van der Waals surface area contributed by atoms with E-state index in [1.807, 2.05) is 38.1 Å². The molecule has 0 radical (unpaired) electrons. The fourth-order valence-electron chi connectivity index (χ4n) is 4.08. The smallest absolute Gasteiger partial charge is 0.227 e. The van der Waals surface area contributed by atoms with E-state index in [1.165, 1.54) is 0 Å². The number of nitrogens with one attached hydrogen (secondary N) is 3. The van der Waals surface area contributed by atoms with Crippen LogP contribution in [0.5, 0.6) is 0 Å². The number of hydrogen-bond donors (Lipinski definition) is 3. The molecule has 4 rings (SSSR count). The van der Waals surface area contributed by atoms with E-state index < -0.39 is 0 Å². The van der Waals surface area contributed by atoms with Crippen molar-refractivity contribution in [3.05, 3.63) is 94.6 Å². The zero-order valence-corrected chi connectivity index (χ0v) is 22.4.